The van der Waals surface area contributed by atoms with Gasteiger partial charge in [-0.15, -0.1) is 0 Å². The smallest absolute Gasteiger partial charge is 0.145 e. The van der Waals surface area contributed by atoms with Gasteiger partial charge in [0.15, 0.2) is 0 Å². The molecule has 2 aromatic heterocycles. The second kappa shape index (κ2) is 21.4. The molecule has 4 aromatic rings. The third kappa shape index (κ3) is 8.92. The van der Waals surface area contributed by atoms with E-state index in [0.29, 0.717) is 0 Å². The summed E-state index contributed by atoms with van der Waals surface area (Å²) in [6.07, 6.45) is 38.6. The maximum absolute atomic E-state index is 6.86. The van der Waals surface area contributed by atoms with Crippen molar-refractivity contribution in [3.05, 3.63) is 71.5 Å². The third-order valence-electron chi connectivity index (χ3n) is 16.0. The topological polar surface area (TPSA) is 21.3 Å². The highest BCUT2D eigenvalue weighted by Crippen LogP contribution is 2.54. The van der Waals surface area contributed by atoms with E-state index in [4.69, 9.17) is 4.42 Å². The van der Waals surface area contributed by atoms with E-state index in [9.17, 15) is 0 Å². The summed E-state index contributed by atoms with van der Waals surface area (Å²) in [4.78, 5) is 3.16. The Labute approximate surface area is 366 Å². The highest BCUT2D eigenvalue weighted by Gasteiger charge is 2.53. The number of likely N-dealkylation sites (tertiary alicyclic amines) is 1. The second-order valence-electron chi connectivity index (χ2n) is 19.2. The molecule has 2 saturated carbocycles. The van der Waals surface area contributed by atoms with Crippen molar-refractivity contribution in [2.75, 3.05) is 6.54 Å². The van der Waals surface area contributed by atoms with E-state index in [1.807, 2.05) is 27.7 Å². The van der Waals surface area contributed by atoms with E-state index in [-0.39, 0.29) is 0 Å². The van der Waals surface area contributed by atoms with Crippen molar-refractivity contribution in [1.82, 2.24) is 9.47 Å². The summed E-state index contributed by atoms with van der Waals surface area (Å²) >= 11 is 0. The van der Waals surface area contributed by atoms with Crippen molar-refractivity contribution in [1.29, 1.82) is 0 Å². The van der Waals surface area contributed by atoms with Crippen LogP contribution < -0.4 is 0 Å². The molecule has 0 N–H and O–H groups in total. The number of furan rings is 1. The molecule has 3 fully saturated rings. The molecular formula is C57H84N2O. The van der Waals surface area contributed by atoms with Gasteiger partial charge in [0.05, 0.1) is 10.9 Å². The zero-order valence-electron chi connectivity index (χ0n) is 39.5. The Balaban J connectivity index is 0.00000132. The first kappa shape index (κ1) is 45.0. The van der Waals surface area contributed by atoms with Gasteiger partial charge in [0.1, 0.15) is 11.2 Å². The van der Waals surface area contributed by atoms with Crippen LogP contribution in [0.1, 0.15) is 188 Å². The van der Waals surface area contributed by atoms with Crippen LogP contribution in [0, 0.1) is 35.5 Å². The number of hydrogen-bond acceptors (Lipinski definition) is 2. The fourth-order valence-corrected chi connectivity index (χ4v) is 13.4. The monoisotopic (exact) mass is 813 g/mol. The van der Waals surface area contributed by atoms with E-state index >= 15 is 0 Å². The van der Waals surface area contributed by atoms with E-state index in [0.717, 1.165) is 84.4 Å². The third-order valence-corrected chi connectivity index (χ3v) is 16.0. The van der Waals surface area contributed by atoms with E-state index in [1.165, 1.54) is 153 Å². The number of fused-ring (bicyclic) bond motifs is 8. The van der Waals surface area contributed by atoms with E-state index in [1.54, 1.807) is 0 Å². The minimum absolute atomic E-state index is 0.755. The first-order valence-corrected chi connectivity index (χ1v) is 25.9. The number of rotatable bonds is 14. The largest absolute Gasteiger partial charge is 0.455 e. The molecule has 3 nitrogen and oxygen atoms in total. The molecule has 3 heterocycles. The Hall–Kier alpha value is -3.04. The van der Waals surface area contributed by atoms with Crippen molar-refractivity contribution >= 4 is 44.6 Å². The summed E-state index contributed by atoms with van der Waals surface area (Å²) in [7, 11) is 0. The molecular weight excluding hydrogens is 729 g/mol. The Morgan fingerprint density at radius 3 is 2.33 bits per heavy atom. The SMILES string of the molecule is CC.CC.CCCCCCCN1C2C[C@@H](C3CCCCC3C)C(CC)CC2[C@@H](CCc2ccc3oc4c(ccc5c4c4c(n5C5=CCCC=C5)CCC=C4)c3c2)C1CCC. The summed E-state index contributed by atoms with van der Waals surface area (Å²) in [5, 5.41) is 3.87. The number of aryl methyl sites for hydroxylation is 1. The standard InChI is InChI=1S/C53H72N2O.2C2H6/c1-5-8-9-10-18-32-54-47(19-6-2)41(45-34-38(7-3)44(35-50(45)54)40-23-15-14-20-36(40)4)28-26-37-27-31-51-46(33-37)42-29-30-49-52(53(42)56-51)43-24-16-17-25-48(43)55(49)39-21-12-11-13-22-39;2*1-2/h12,16,21-22,24,27,29-31,33,36,38,40-41,44-45,47,50H,5-11,13-15,17-20,23,25-26,28,32,34-35H2,1-4H3;2*1-2H3/t36?,38?,40?,41-,44-,45?,47?,50?;;/m1../s1. The molecule has 2 aromatic carbocycles. The van der Waals surface area contributed by atoms with Crippen LogP contribution in [0.4, 0.5) is 0 Å². The number of aromatic nitrogens is 1. The van der Waals surface area contributed by atoms with Crippen LogP contribution >= 0.6 is 0 Å². The van der Waals surface area contributed by atoms with Crippen LogP contribution in [-0.4, -0.2) is 28.1 Å². The average Bonchev–Trinajstić information content (AvgIpc) is 3.94. The van der Waals surface area contributed by atoms with Crippen molar-refractivity contribution in [2.24, 2.45) is 35.5 Å². The molecule has 0 amide bonds. The van der Waals surface area contributed by atoms with Gasteiger partial charge in [-0.25, -0.2) is 0 Å². The molecule has 3 heteroatoms. The van der Waals surface area contributed by atoms with Gasteiger partial charge in [-0.1, -0.05) is 144 Å². The second-order valence-corrected chi connectivity index (χ2v) is 19.2. The maximum Gasteiger partial charge on any atom is 0.145 e. The number of allylic oxidation sites excluding steroid dienone is 5. The molecule has 0 radical (unpaired) electrons. The molecule has 9 rings (SSSR count). The molecule has 4 aliphatic carbocycles. The van der Waals surface area contributed by atoms with Gasteiger partial charge in [0.25, 0.3) is 0 Å². The molecule has 8 atom stereocenters. The van der Waals surface area contributed by atoms with Crippen molar-refractivity contribution in [3.63, 3.8) is 0 Å². The van der Waals surface area contributed by atoms with Crippen LogP contribution in [0.15, 0.2) is 59.1 Å². The van der Waals surface area contributed by atoms with Gasteiger partial charge in [-0.3, -0.25) is 4.90 Å². The molecule has 6 unspecified atom stereocenters. The summed E-state index contributed by atoms with van der Waals surface area (Å²) in [5.74, 6) is 5.42. The Bertz CT molecular complexity index is 2070. The van der Waals surface area contributed by atoms with Gasteiger partial charge in [0, 0.05) is 39.8 Å². The predicted octanol–water partition coefficient (Wildman–Crippen LogP) is 17.0. The van der Waals surface area contributed by atoms with Crippen molar-refractivity contribution in [3.8, 4) is 0 Å². The predicted molar refractivity (Wildman–Crippen MR) is 263 cm³/mol. The van der Waals surface area contributed by atoms with E-state index < -0.39 is 0 Å². The Morgan fingerprint density at radius 2 is 1.57 bits per heavy atom. The van der Waals surface area contributed by atoms with Gasteiger partial charge in [-0.05, 0) is 149 Å². The lowest BCUT2D eigenvalue weighted by Crippen LogP contribution is -2.46. The Kier molecular flexibility index (Phi) is 16.0. The highest BCUT2D eigenvalue weighted by atomic mass is 16.3. The summed E-state index contributed by atoms with van der Waals surface area (Å²) in [5.41, 5.74) is 9.02. The number of hydrogen-bond donors (Lipinski definition) is 0. The number of unbranched alkanes of at least 4 members (excludes halogenated alkanes) is 4. The molecule has 60 heavy (non-hydrogen) atoms. The van der Waals surface area contributed by atoms with Crippen molar-refractivity contribution in [2.45, 2.75) is 196 Å². The number of nitrogens with zero attached hydrogens (tertiary/aromatic N) is 2. The summed E-state index contributed by atoms with van der Waals surface area (Å²) in [6, 6.07) is 13.5. The van der Waals surface area contributed by atoms with Crippen LogP contribution in [0.25, 0.3) is 44.6 Å². The normalized spacial score (nSPS) is 27.6. The van der Waals surface area contributed by atoms with Gasteiger partial charge >= 0.3 is 0 Å². The average molecular weight is 813 g/mol. The minimum Gasteiger partial charge on any atom is -0.455 e. The number of benzene rings is 2. The summed E-state index contributed by atoms with van der Waals surface area (Å²) in [6.45, 7) is 19.3. The lowest BCUT2D eigenvalue weighted by molar-refractivity contribution is 0.0233. The minimum atomic E-state index is 0.755. The van der Waals surface area contributed by atoms with Crippen LogP contribution in [0.5, 0.6) is 0 Å². The van der Waals surface area contributed by atoms with Crippen LogP contribution in [0.2, 0.25) is 0 Å². The van der Waals surface area contributed by atoms with Crippen LogP contribution in [0.3, 0.4) is 0 Å². The first-order chi connectivity index (χ1) is 29.6. The summed E-state index contributed by atoms with van der Waals surface area (Å²) < 4.78 is 9.39. The molecule has 1 saturated heterocycles. The maximum atomic E-state index is 6.86. The lowest BCUT2D eigenvalue weighted by Gasteiger charge is -2.48. The van der Waals surface area contributed by atoms with Gasteiger partial charge < -0.3 is 8.98 Å². The first-order valence-electron chi connectivity index (χ1n) is 25.9. The van der Waals surface area contributed by atoms with Crippen LogP contribution in [-0.2, 0) is 12.8 Å². The molecule has 328 valence electrons. The fourth-order valence-electron chi connectivity index (χ4n) is 13.4. The highest BCUT2D eigenvalue weighted by molar-refractivity contribution is 6.17. The Morgan fingerprint density at radius 1 is 0.750 bits per heavy atom. The molecule has 5 aliphatic rings. The zero-order chi connectivity index (χ0) is 42.2. The fraction of sp³-hybridized carbons (Fsp3) is 0.649. The quantitative estimate of drug-likeness (QED) is 0.118. The van der Waals surface area contributed by atoms with Gasteiger partial charge in [-0.2, -0.15) is 0 Å². The van der Waals surface area contributed by atoms with Crippen molar-refractivity contribution < 1.29 is 4.42 Å². The molecule has 0 spiro atoms. The van der Waals surface area contributed by atoms with Gasteiger partial charge in [0.2, 0.25) is 0 Å². The lowest BCUT2D eigenvalue weighted by atomic mass is 9.59. The molecule has 0 bridgehead atoms. The van der Waals surface area contributed by atoms with E-state index in [2.05, 4.69) is 97.9 Å². The zero-order valence-corrected chi connectivity index (χ0v) is 39.5. The molecule has 1 aliphatic heterocycles.